The summed E-state index contributed by atoms with van der Waals surface area (Å²) in [6.07, 6.45) is 2.59. The van der Waals surface area contributed by atoms with Crippen LogP contribution in [0.4, 0.5) is 4.39 Å². The Kier molecular flexibility index (Phi) is 5.61. The SMILES string of the molecule is CCCc1nnsc1C(Cc1ccccc1F)NCC. The molecule has 1 atom stereocenters. The molecule has 1 heterocycles. The smallest absolute Gasteiger partial charge is 0.126 e. The maximum atomic E-state index is 13.8. The molecule has 1 unspecified atom stereocenters. The summed E-state index contributed by atoms with van der Waals surface area (Å²) in [5.41, 5.74) is 1.77. The van der Waals surface area contributed by atoms with Crippen LogP contribution in [0.1, 0.15) is 42.4 Å². The molecule has 2 aromatic rings. The fourth-order valence-electron chi connectivity index (χ4n) is 2.28. The first-order valence-corrected chi connectivity index (χ1v) is 7.81. The summed E-state index contributed by atoms with van der Waals surface area (Å²) in [6, 6.07) is 7.03. The first-order chi connectivity index (χ1) is 9.76. The molecule has 0 fully saturated rings. The average molecular weight is 293 g/mol. The summed E-state index contributed by atoms with van der Waals surface area (Å²) < 4.78 is 17.9. The molecular weight excluding hydrogens is 273 g/mol. The fourth-order valence-corrected chi connectivity index (χ4v) is 3.05. The van der Waals surface area contributed by atoms with E-state index in [-0.39, 0.29) is 11.9 Å². The molecule has 0 bridgehead atoms. The van der Waals surface area contributed by atoms with Gasteiger partial charge in [0, 0.05) is 6.04 Å². The summed E-state index contributed by atoms with van der Waals surface area (Å²) in [6.45, 7) is 5.02. The van der Waals surface area contributed by atoms with Gasteiger partial charge in [0.15, 0.2) is 0 Å². The number of nitrogens with one attached hydrogen (secondary N) is 1. The first kappa shape index (κ1) is 15.1. The van der Waals surface area contributed by atoms with Crippen molar-refractivity contribution in [2.75, 3.05) is 6.54 Å². The van der Waals surface area contributed by atoms with Crippen molar-refractivity contribution in [2.45, 2.75) is 39.2 Å². The maximum absolute atomic E-state index is 13.8. The fraction of sp³-hybridized carbons (Fsp3) is 0.467. The molecule has 0 spiro atoms. The summed E-state index contributed by atoms with van der Waals surface area (Å²) in [5, 5.41) is 7.63. The third-order valence-corrected chi connectivity index (χ3v) is 4.10. The van der Waals surface area contributed by atoms with Gasteiger partial charge >= 0.3 is 0 Å². The van der Waals surface area contributed by atoms with E-state index in [4.69, 9.17) is 0 Å². The zero-order chi connectivity index (χ0) is 14.4. The average Bonchev–Trinajstić information content (AvgIpc) is 2.89. The van der Waals surface area contributed by atoms with Gasteiger partial charge < -0.3 is 5.32 Å². The van der Waals surface area contributed by atoms with Gasteiger partial charge in [0.1, 0.15) is 5.82 Å². The maximum Gasteiger partial charge on any atom is 0.126 e. The van der Waals surface area contributed by atoms with E-state index in [0.29, 0.717) is 6.42 Å². The number of nitrogens with zero attached hydrogens (tertiary/aromatic N) is 2. The van der Waals surface area contributed by atoms with E-state index in [0.717, 1.165) is 35.5 Å². The summed E-state index contributed by atoms with van der Waals surface area (Å²) >= 11 is 1.42. The number of aryl methyl sites for hydroxylation is 1. The minimum atomic E-state index is -0.148. The molecule has 0 saturated heterocycles. The molecule has 20 heavy (non-hydrogen) atoms. The van der Waals surface area contributed by atoms with E-state index in [9.17, 15) is 4.39 Å². The van der Waals surface area contributed by atoms with Gasteiger partial charge in [0.05, 0.1) is 10.6 Å². The molecule has 1 aromatic carbocycles. The highest BCUT2D eigenvalue weighted by Gasteiger charge is 2.19. The number of halogens is 1. The van der Waals surface area contributed by atoms with E-state index in [1.54, 1.807) is 6.07 Å². The number of rotatable bonds is 7. The number of hydrogen-bond donors (Lipinski definition) is 1. The van der Waals surface area contributed by atoms with Crippen LogP contribution >= 0.6 is 11.5 Å². The molecule has 1 aromatic heterocycles. The normalized spacial score (nSPS) is 12.6. The van der Waals surface area contributed by atoms with Crippen molar-refractivity contribution >= 4 is 11.5 Å². The minimum absolute atomic E-state index is 0.0819. The second kappa shape index (κ2) is 7.45. The van der Waals surface area contributed by atoms with Gasteiger partial charge in [-0.2, -0.15) is 0 Å². The molecule has 0 aliphatic rings. The van der Waals surface area contributed by atoms with Gasteiger partial charge in [-0.15, -0.1) is 5.10 Å². The van der Waals surface area contributed by atoms with Gasteiger partial charge in [-0.3, -0.25) is 0 Å². The van der Waals surface area contributed by atoms with Gasteiger partial charge in [0.2, 0.25) is 0 Å². The van der Waals surface area contributed by atoms with E-state index in [1.165, 1.54) is 17.6 Å². The Bertz CT molecular complexity index is 541. The van der Waals surface area contributed by atoms with Crippen LogP contribution in [0.15, 0.2) is 24.3 Å². The highest BCUT2D eigenvalue weighted by atomic mass is 32.1. The third kappa shape index (κ3) is 3.61. The van der Waals surface area contributed by atoms with Crippen LogP contribution in [-0.4, -0.2) is 16.1 Å². The summed E-state index contributed by atoms with van der Waals surface area (Å²) in [5.74, 6) is -0.148. The molecule has 3 nitrogen and oxygen atoms in total. The van der Waals surface area contributed by atoms with Crippen molar-refractivity contribution in [3.63, 3.8) is 0 Å². The number of benzene rings is 1. The standard InChI is InChI=1S/C15H20FN3S/c1-3-7-13-15(20-19-18-13)14(17-4-2)10-11-8-5-6-9-12(11)16/h5-6,8-9,14,17H,3-4,7,10H2,1-2H3. The van der Waals surface area contributed by atoms with Gasteiger partial charge in [-0.05, 0) is 42.5 Å². The van der Waals surface area contributed by atoms with Crippen LogP contribution in [0.5, 0.6) is 0 Å². The molecule has 0 radical (unpaired) electrons. The number of likely N-dealkylation sites (N-methyl/N-ethyl adjacent to an activating group) is 1. The second-order valence-corrected chi connectivity index (χ2v) is 5.53. The van der Waals surface area contributed by atoms with E-state index in [2.05, 4.69) is 28.8 Å². The van der Waals surface area contributed by atoms with Crippen LogP contribution in [0.2, 0.25) is 0 Å². The Morgan fingerprint density at radius 3 is 2.80 bits per heavy atom. The predicted molar refractivity (Wildman–Crippen MR) is 80.4 cm³/mol. The molecule has 1 N–H and O–H groups in total. The van der Waals surface area contributed by atoms with Crippen molar-refractivity contribution in [1.82, 2.24) is 14.9 Å². The molecule has 2 rings (SSSR count). The van der Waals surface area contributed by atoms with Gasteiger partial charge in [0.25, 0.3) is 0 Å². The monoisotopic (exact) mass is 293 g/mol. The van der Waals surface area contributed by atoms with E-state index < -0.39 is 0 Å². The van der Waals surface area contributed by atoms with Crippen molar-refractivity contribution < 1.29 is 4.39 Å². The number of hydrogen-bond acceptors (Lipinski definition) is 4. The molecule has 108 valence electrons. The zero-order valence-corrected chi connectivity index (χ0v) is 12.7. The lowest BCUT2D eigenvalue weighted by Crippen LogP contribution is -2.23. The lowest BCUT2D eigenvalue weighted by Gasteiger charge is -2.17. The lowest BCUT2D eigenvalue weighted by molar-refractivity contribution is 0.530. The van der Waals surface area contributed by atoms with Crippen molar-refractivity contribution in [1.29, 1.82) is 0 Å². The van der Waals surface area contributed by atoms with Crippen molar-refractivity contribution in [3.05, 3.63) is 46.2 Å². The minimum Gasteiger partial charge on any atom is -0.309 e. The molecule has 0 aliphatic carbocycles. The van der Waals surface area contributed by atoms with Crippen molar-refractivity contribution in [3.8, 4) is 0 Å². The molecule has 5 heteroatoms. The second-order valence-electron chi connectivity index (χ2n) is 4.74. The van der Waals surface area contributed by atoms with Crippen LogP contribution in [-0.2, 0) is 12.8 Å². The number of aromatic nitrogens is 2. The van der Waals surface area contributed by atoms with Crippen LogP contribution in [0.3, 0.4) is 0 Å². The Morgan fingerprint density at radius 1 is 1.30 bits per heavy atom. The summed E-state index contributed by atoms with van der Waals surface area (Å²) in [4.78, 5) is 1.14. The Morgan fingerprint density at radius 2 is 2.10 bits per heavy atom. The Hall–Kier alpha value is -1.33. The topological polar surface area (TPSA) is 37.8 Å². The van der Waals surface area contributed by atoms with Crippen LogP contribution < -0.4 is 5.32 Å². The predicted octanol–water partition coefficient (Wildman–Crippen LogP) is 3.52. The molecule has 0 aliphatic heterocycles. The van der Waals surface area contributed by atoms with Crippen LogP contribution in [0, 0.1) is 5.82 Å². The summed E-state index contributed by atoms with van der Waals surface area (Å²) in [7, 11) is 0. The van der Waals surface area contributed by atoms with E-state index >= 15 is 0 Å². The van der Waals surface area contributed by atoms with Gasteiger partial charge in [-0.1, -0.05) is 43.0 Å². The largest absolute Gasteiger partial charge is 0.309 e. The lowest BCUT2D eigenvalue weighted by atomic mass is 10.0. The highest BCUT2D eigenvalue weighted by molar-refractivity contribution is 7.05. The molecule has 0 amide bonds. The Balaban J connectivity index is 2.22. The van der Waals surface area contributed by atoms with Gasteiger partial charge in [-0.25, -0.2) is 4.39 Å². The Labute approximate surface area is 123 Å². The first-order valence-electron chi connectivity index (χ1n) is 7.04. The zero-order valence-electron chi connectivity index (χ0n) is 11.9. The molecule has 0 saturated carbocycles. The van der Waals surface area contributed by atoms with E-state index in [1.807, 2.05) is 12.1 Å². The molecular formula is C15H20FN3S. The quantitative estimate of drug-likeness (QED) is 0.848. The highest BCUT2D eigenvalue weighted by Crippen LogP contribution is 2.26. The third-order valence-electron chi connectivity index (χ3n) is 3.22. The van der Waals surface area contributed by atoms with Crippen molar-refractivity contribution in [2.24, 2.45) is 0 Å². The van der Waals surface area contributed by atoms with Crippen LogP contribution in [0.25, 0.3) is 0 Å².